The van der Waals surface area contributed by atoms with E-state index in [0.29, 0.717) is 5.92 Å². The minimum atomic E-state index is 0. The number of aromatic nitrogens is 2. The molecule has 0 unspecified atom stereocenters. The summed E-state index contributed by atoms with van der Waals surface area (Å²) in [7, 11) is 0. The van der Waals surface area contributed by atoms with Crippen molar-refractivity contribution >= 4 is 56.2 Å². The van der Waals surface area contributed by atoms with Crippen LogP contribution in [0.25, 0.3) is 10.4 Å². The Labute approximate surface area is 190 Å². The van der Waals surface area contributed by atoms with E-state index in [1.807, 2.05) is 30.5 Å². The first-order chi connectivity index (χ1) is 12.9. The highest BCUT2D eigenvalue weighted by molar-refractivity contribution is 8.93. The van der Waals surface area contributed by atoms with E-state index in [4.69, 9.17) is 4.98 Å². The Balaban J connectivity index is 0.00000140. The highest BCUT2D eigenvalue weighted by Gasteiger charge is 2.13. The number of hydrogen-bond acceptors (Lipinski definition) is 6. The molecule has 0 bridgehead atoms. The number of benzene rings is 1. The summed E-state index contributed by atoms with van der Waals surface area (Å²) in [5.41, 5.74) is 2.30. The van der Waals surface area contributed by atoms with Crippen LogP contribution in [0, 0.1) is 5.92 Å². The van der Waals surface area contributed by atoms with E-state index < -0.39 is 0 Å². The predicted octanol–water partition coefficient (Wildman–Crippen LogP) is 4.46. The second kappa shape index (κ2) is 11.6. The van der Waals surface area contributed by atoms with Gasteiger partial charge < -0.3 is 16.0 Å². The van der Waals surface area contributed by atoms with E-state index in [1.165, 1.54) is 5.56 Å². The van der Waals surface area contributed by atoms with Gasteiger partial charge in [-0.1, -0.05) is 47.7 Å². The summed E-state index contributed by atoms with van der Waals surface area (Å²) < 4.78 is 0. The van der Waals surface area contributed by atoms with E-state index in [9.17, 15) is 0 Å². The van der Waals surface area contributed by atoms with Crippen LogP contribution in [-0.2, 0) is 6.42 Å². The molecule has 4 rings (SSSR count). The van der Waals surface area contributed by atoms with Crippen LogP contribution in [0.4, 0.5) is 10.9 Å². The quantitative estimate of drug-likeness (QED) is 0.458. The van der Waals surface area contributed by atoms with Gasteiger partial charge in [-0.15, -0.1) is 34.0 Å². The smallest absolute Gasteiger partial charge is 0.188 e. The fourth-order valence-corrected chi connectivity index (χ4v) is 3.97. The monoisotopic (exact) mass is 525 g/mol. The summed E-state index contributed by atoms with van der Waals surface area (Å²) in [4.78, 5) is 10.4. The van der Waals surface area contributed by atoms with Crippen LogP contribution in [0.3, 0.4) is 0 Å². The molecule has 1 saturated heterocycles. The molecule has 5 nitrogen and oxygen atoms in total. The van der Waals surface area contributed by atoms with E-state index in [-0.39, 0.29) is 34.0 Å². The Bertz CT molecular complexity index is 835. The molecule has 28 heavy (non-hydrogen) atoms. The predicted molar refractivity (Wildman–Crippen MR) is 129 cm³/mol. The average molecular weight is 527 g/mol. The second-order valence-corrected chi connectivity index (χ2v) is 7.54. The average Bonchev–Trinajstić information content (AvgIpc) is 2.98. The molecule has 1 aliphatic rings. The fraction of sp³-hybridized carbons (Fsp3) is 0.300. The van der Waals surface area contributed by atoms with Crippen molar-refractivity contribution in [3.8, 4) is 10.4 Å². The molecule has 150 valence electrons. The van der Waals surface area contributed by atoms with Crippen LogP contribution in [0.2, 0.25) is 0 Å². The van der Waals surface area contributed by atoms with Gasteiger partial charge in [0.2, 0.25) is 0 Å². The molecule has 8 heteroatoms. The Kier molecular flexibility index (Phi) is 9.53. The van der Waals surface area contributed by atoms with E-state index >= 15 is 0 Å². The number of nitrogens with one attached hydrogen (secondary N) is 3. The van der Waals surface area contributed by atoms with Crippen LogP contribution >= 0.6 is 45.3 Å². The number of anilines is 2. The molecule has 0 atom stereocenters. The maximum absolute atomic E-state index is 4.77. The van der Waals surface area contributed by atoms with Crippen LogP contribution in [0.5, 0.6) is 0 Å². The third kappa shape index (κ3) is 6.35. The first kappa shape index (κ1) is 23.0. The molecule has 0 spiro atoms. The highest BCUT2D eigenvalue weighted by Crippen LogP contribution is 2.30. The summed E-state index contributed by atoms with van der Waals surface area (Å²) >= 11 is 1.64. The van der Waals surface area contributed by atoms with Gasteiger partial charge in [0.1, 0.15) is 5.82 Å². The van der Waals surface area contributed by atoms with Gasteiger partial charge >= 0.3 is 0 Å². The summed E-state index contributed by atoms with van der Waals surface area (Å²) in [6.45, 7) is 4.16. The second-order valence-electron chi connectivity index (χ2n) is 6.51. The molecule has 0 amide bonds. The first-order valence-electron chi connectivity index (χ1n) is 9.02. The lowest BCUT2D eigenvalue weighted by molar-refractivity contribution is 0.492. The van der Waals surface area contributed by atoms with Crippen LogP contribution in [0.1, 0.15) is 5.69 Å². The Morgan fingerprint density at radius 2 is 1.71 bits per heavy atom. The summed E-state index contributed by atoms with van der Waals surface area (Å²) in [6.07, 6.45) is 2.89. The molecule has 3 heterocycles. The zero-order valence-electron chi connectivity index (χ0n) is 15.4. The van der Waals surface area contributed by atoms with Crippen LogP contribution < -0.4 is 16.0 Å². The van der Waals surface area contributed by atoms with E-state index in [1.54, 1.807) is 11.3 Å². The van der Waals surface area contributed by atoms with Gasteiger partial charge in [-0.25, -0.2) is 9.97 Å². The van der Waals surface area contributed by atoms with Crippen LogP contribution in [0.15, 0.2) is 54.7 Å². The van der Waals surface area contributed by atoms with Crippen molar-refractivity contribution in [3.05, 3.63) is 60.4 Å². The molecule has 3 aromatic rings. The molecule has 1 aromatic carbocycles. The molecular formula is C20H25Br2N5S. The maximum atomic E-state index is 4.77. The summed E-state index contributed by atoms with van der Waals surface area (Å²) in [5, 5.41) is 11.2. The first-order valence-corrected chi connectivity index (χ1v) is 9.84. The Hall–Kier alpha value is -1.32. The molecule has 2 aromatic heterocycles. The number of hydrogen-bond donors (Lipinski definition) is 3. The normalized spacial score (nSPS) is 14.4. The lowest BCUT2D eigenvalue weighted by atomic mass is 10.0. The van der Waals surface area contributed by atoms with Crippen LogP contribution in [-0.4, -0.2) is 36.1 Å². The third-order valence-corrected chi connectivity index (χ3v) is 5.41. The van der Waals surface area contributed by atoms with Crippen molar-refractivity contribution in [1.29, 1.82) is 0 Å². The number of halogens is 2. The number of rotatable bonds is 5. The van der Waals surface area contributed by atoms with Crippen molar-refractivity contribution in [2.45, 2.75) is 6.42 Å². The molecule has 1 aliphatic heterocycles. The SMILES string of the molecule is Br.Br.c1ccc(-c2cnc(Nc3cccc(CC4CNCCNC4)n3)s2)cc1. The van der Waals surface area contributed by atoms with Crippen molar-refractivity contribution < 1.29 is 0 Å². The third-order valence-electron chi connectivity index (χ3n) is 4.45. The van der Waals surface area contributed by atoms with Gasteiger partial charge in [-0.3, -0.25) is 0 Å². The molecule has 3 N–H and O–H groups in total. The van der Waals surface area contributed by atoms with E-state index in [0.717, 1.165) is 54.1 Å². The van der Waals surface area contributed by atoms with Gasteiger partial charge in [-0.05, 0) is 43.1 Å². The van der Waals surface area contributed by atoms with Crippen molar-refractivity contribution in [3.63, 3.8) is 0 Å². The minimum Gasteiger partial charge on any atom is -0.316 e. The van der Waals surface area contributed by atoms with Gasteiger partial charge in [0.25, 0.3) is 0 Å². The van der Waals surface area contributed by atoms with Gasteiger partial charge in [-0.2, -0.15) is 0 Å². The van der Waals surface area contributed by atoms with Crippen molar-refractivity contribution in [2.75, 3.05) is 31.5 Å². The molecule has 0 radical (unpaired) electrons. The topological polar surface area (TPSA) is 61.9 Å². The number of thiazole rings is 1. The Morgan fingerprint density at radius 3 is 2.46 bits per heavy atom. The van der Waals surface area contributed by atoms with Crippen molar-refractivity contribution in [1.82, 2.24) is 20.6 Å². The van der Waals surface area contributed by atoms with Gasteiger partial charge in [0, 0.05) is 25.0 Å². The zero-order valence-corrected chi connectivity index (χ0v) is 19.7. The van der Waals surface area contributed by atoms with E-state index in [2.05, 4.69) is 45.2 Å². The number of pyridine rings is 1. The molecule has 1 fully saturated rings. The van der Waals surface area contributed by atoms with Crippen molar-refractivity contribution in [2.24, 2.45) is 5.92 Å². The number of nitrogens with zero attached hydrogens (tertiary/aromatic N) is 2. The fourth-order valence-electron chi connectivity index (χ4n) is 3.14. The summed E-state index contributed by atoms with van der Waals surface area (Å²) in [5.74, 6) is 1.43. The zero-order chi connectivity index (χ0) is 17.6. The van der Waals surface area contributed by atoms with Gasteiger partial charge in [0.05, 0.1) is 4.88 Å². The Morgan fingerprint density at radius 1 is 0.964 bits per heavy atom. The van der Waals surface area contributed by atoms with Gasteiger partial charge in [0.15, 0.2) is 5.13 Å². The molecular weight excluding hydrogens is 502 g/mol. The lowest BCUT2D eigenvalue weighted by Crippen LogP contribution is -2.25. The maximum Gasteiger partial charge on any atom is 0.188 e. The lowest BCUT2D eigenvalue weighted by Gasteiger charge is -2.14. The largest absolute Gasteiger partial charge is 0.316 e. The summed E-state index contributed by atoms with van der Waals surface area (Å²) in [6, 6.07) is 16.5. The molecule has 0 saturated carbocycles. The standard InChI is InChI=1S/C20H23N5S.2BrH/c1-2-5-16(6-3-1)18-14-23-20(26-18)25-19-8-4-7-17(24-19)11-15-12-21-9-10-22-13-15;;/h1-8,14-15,21-22H,9-13H2,(H,23,24,25);2*1H. The minimum absolute atomic E-state index is 0. The molecule has 0 aliphatic carbocycles. The highest BCUT2D eigenvalue weighted by atomic mass is 79.9.